The Balaban J connectivity index is 3.17. The van der Waals surface area contributed by atoms with Crippen molar-refractivity contribution in [2.45, 2.75) is 60.4 Å². The second-order valence-electron chi connectivity index (χ2n) is 7.36. The Hall–Kier alpha value is -1.58. The van der Waals surface area contributed by atoms with E-state index < -0.39 is 5.97 Å². The van der Waals surface area contributed by atoms with Crippen molar-refractivity contribution in [2.24, 2.45) is 5.41 Å². The minimum atomic E-state index is -0.941. The minimum absolute atomic E-state index is 0.152. The van der Waals surface area contributed by atoms with Crippen LogP contribution in [-0.4, -0.2) is 21.6 Å². The van der Waals surface area contributed by atoms with Gasteiger partial charge in [0, 0.05) is 11.2 Å². The lowest BCUT2D eigenvalue weighted by atomic mass is 9.81. The molecule has 2 N–H and O–H groups in total. The normalized spacial score (nSPS) is 12.3. The van der Waals surface area contributed by atoms with Crippen LogP contribution in [0.4, 0.5) is 5.82 Å². The SMILES string of the molecule is Cc1cc(C)c(C(=O)O)c(NC(C)(C)CC(C)(C)C)n1. The number of hydrogen-bond donors (Lipinski definition) is 2. The van der Waals surface area contributed by atoms with Crippen LogP contribution in [0.2, 0.25) is 0 Å². The molecule has 0 saturated carbocycles. The first-order chi connectivity index (χ1) is 8.91. The van der Waals surface area contributed by atoms with Gasteiger partial charge in [-0.1, -0.05) is 20.8 Å². The molecular weight excluding hydrogens is 252 g/mol. The van der Waals surface area contributed by atoms with E-state index in [-0.39, 0.29) is 16.5 Å². The van der Waals surface area contributed by atoms with Crippen LogP contribution in [-0.2, 0) is 0 Å². The van der Waals surface area contributed by atoms with Crippen molar-refractivity contribution in [2.75, 3.05) is 5.32 Å². The summed E-state index contributed by atoms with van der Waals surface area (Å²) in [6, 6.07) is 1.80. The predicted molar refractivity (Wildman–Crippen MR) is 82.4 cm³/mol. The monoisotopic (exact) mass is 278 g/mol. The van der Waals surface area contributed by atoms with Gasteiger partial charge in [-0.05, 0) is 51.2 Å². The summed E-state index contributed by atoms with van der Waals surface area (Å²) in [6.07, 6.45) is 0.910. The molecule has 0 bridgehead atoms. The summed E-state index contributed by atoms with van der Waals surface area (Å²) >= 11 is 0. The van der Waals surface area contributed by atoms with E-state index in [0.717, 1.165) is 17.7 Å². The number of rotatable bonds is 4. The van der Waals surface area contributed by atoms with Gasteiger partial charge in [-0.3, -0.25) is 0 Å². The smallest absolute Gasteiger partial charge is 0.339 e. The lowest BCUT2D eigenvalue weighted by molar-refractivity contribution is 0.0696. The molecule has 112 valence electrons. The summed E-state index contributed by atoms with van der Waals surface area (Å²) in [5.41, 5.74) is 1.74. The molecule has 1 aromatic heterocycles. The lowest BCUT2D eigenvalue weighted by Gasteiger charge is -2.34. The van der Waals surface area contributed by atoms with Gasteiger partial charge in [-0.2, -0.15) is 0 Å². The van der Waals surface area contributed by atoms with Gasteiger partial charge in [0.25, 0.3) is 0 Å². The lowest BCUT2D eigenvalue weighted by Crippen LogP contribution is -2.36. The fraction of sp³-hybridized carbons (Fsp3) is 0.625. The first-order valence-electron chi connectivity index (χ1n) is 6.91. The molecule has 1 heterocycles. The van der Waals surface area contributed by atoms with E-state index in [1.165, 1.54) is 0 Å². The van der Waals surface area contributed by atoms with E-state index in [1.54, 1.807) is 13.0 Å². The molecule has 0 aliphatic rings. The number of pyridine rings is 1. The van der Waals surface area contributed by atoms with Crippen LogP contribution in [0.3, 0.4) is 0 Å². The van der Waals surface area contributed by atoms with Gasteiger partial charge in [0.15, 0.2) is 0 Å². The highest BCUT2D eigenvalue weighted by atomic mass is 16.4. The third-order valence-corrected chi connectivity index (χ3v) is 2.99. The number of nitrogens with one attached hydrogen (secondary N) is 1. The van der Waals surface area contributed by atoms with Crippen molar-refractivity contribution < 1.29 is 9.90 Å². The molecule has 0 aliphatic carbocycles. The van der Waals surface area contributed by atoms with Gasteiger partial charge in [0.1, 0.15) is 11.4 Å². The minimum Gasteiger partial charge on any atom is -0.478 e. The maximum Gasteiger partial charge on any atom is 0.339 e. The summed E-state index contributed by atoms with van der Waals surface area (Å²) in [6.45, 7) is 14.3. The van der Waals surface area contributed by atoms with E-state index in [1.807, 2.05) is 6.92 Å². The summed E-state index contributed by atoms with van der Waals surface area (Å²) in [7, 11) is 0. The molecule has 0 radical (unpaired) electrons. The van der Waals surface area contributed by atoms with Crippen molar-refractivity contribution in [3.63, 3.8) is 0 Å². The zero-order valence-electron chi connectivity index (χ0n) is 13.6. The Morgan fingerprint density at radius 3 is 2.25 bits per heavy atom. The third-order valence-electron chi connectivity index (χ3n) is 2.99. The number of nitrogens with zero attached hydrogens (tertiary/aromatic N) is 1. The second-order valence-corrected chi connectivity index (χ2v) is 7.36. The third kappa shape index (κ3) is 4.51. The van der Waals surface area contributed by atoms with Crippen LogP contribution in [0.1, 0.15) is 62.7 Å². The number of aromatic nitrogens is 1. The number of carboxylic acids is 1. The first kappa shape index (κ1) is 16.5. The van der Waals surface area contributed by atoms with Gasteiger partial charge in [0.05, 0.1) is 0 Å². The molecule has 1 rings (SSSR count). The molecule has 20 heavy (non-hydrogen) atoms. The van der Waals surface area contributed by atoms with E-state index in [4.69, 9.17) is 0 Å². The zero-order valence-corrected chi connectivity index (χ0v) is 13.6. The molecule has 0 spiro atoms. The van der Waals surface area contributed by atoms with Crippen LogP contribution >= 0.6 is 0 Å². The molecule has 4 heteroatoms. The predicted octanol–water partition coefficient (Wildman–Crippen LogP) is 4.02. The summed E-state index contributed by atoms with van der Waals surface area (Å²) in [5.74, 6) is -0.478. The second kappa shape index (κ2) is 5.43. The van der Waals surface area contributed by atoms with Crippen LogP contribution < -0.4 is 5.32 Å². The molecule has 0 amide bonds. The maximum absolute atomic E-state index is 11.4. The van der Waals surface area contributed by atoms with Crippen LogP contribution in [0, 0.1) is 19.3 Å². The van der Waals surface area contributed by atoms with Crippen molar-refractivity contribution in [1.82, 2.24) is 4.98 Å². The van der Waals surface area contributed by atoms with Crippen molar-refractivity contribution in [3.05, 3.63) is 22.9 Å². The van der Waals surface area contributed by atoms with Crippen LogP contribution in [0.15, 0.2) is 6.07 Å². The Labute approximate surface area is 121 Å². The zero-order chi connectivity index (χ0) is 15.7. The Kier molecular flexibility index (Phi) is 4.47. The van der Waals surface area contributed by atoms with E-state index >= 15 is 0 Å². The number of anilines is 1. The average Bonchev–Trinajstić information content (AvgIpc) is 2.08. The highest BCUT2D eigenvalue weighted by Crippen LogP contribution is 2.31. The Morgan fingerprint density at radius 1 is 1.25 bits per heavy atom. The van der Waals surface area contributed by atoms with Gasteiger partial charge >= 0.3 is 5.97 Å². The van der Waals surface area contributed by atoms with Gasteiger partial charge in [0.2, 0.25) is 0 Å². The van der Waals surface area contributed by atoms with E-state index in [0.29, 0.717) is 5.82 Å². The standard InChI is InChI=1S/C16H26N2O2/c1-10-8-11(2)17-13(12(10)14(19)20)18-16(6,7)9-15(3,4)5/h8H,9H2,1-7H3,(H,17,18)(H,19,20). The molecule has 1 aromatic rings. The summed E-state index contributed by atoms with van der Waals surface area (Å²) < 4.78 is 0. The van der Waals surface area contributed by atoms with Crippen LogP contribution in [0.25, 0.3) is 0 Å². The van der Waals surface area contributed by atoms with Gasteiger partial charge in [-0.15, -0.1) is 0 Å². The molecule has 0 aliphatic heterocycles. The van der Waals surface area contributed by atoms with Crippen molar-refractivity contribution in [1.29, 1.82) is 0 Å². The summed E-state index contributed by atoms with van der Waals surface area (Å²) in [5, 5.41) is 12.7. The van der Waals surface area contributed by atoms with Crippen molar-refractivity contribution in [3.8, 4) is 0 Å². The highest BCUT2D eigenvalue weighted by Gasteiger charge is 2.28. The van der Waals surface area contributed by atoms with E-state index in [2.05, 4.69) is 44.9 Å². The molecule has 0 unspecified atom stereocenters. The number of aryl methyl sites for hydroxylation is 2. The Morgan fingerprint density at radius 2 is 1.80 bits per heavy atom. The number of aromatic carboxylic acids is 1. The summed E-state index contributed by atoms with van der Waals surface area (Å²) in [4.78, 5) is 15.8. The topological polar surface area (TPSA) is 62.2 Å². The molecule has 4 nitrogen and oxygen atoms in total. The fourth-order valence-corrected chi connectivity index (χ4v) is 2.89. The molecule has 0 atom stereocenters. The Bertz CT molecular complexity index is 514. The largest absolute Gasteiger partial charge is 0.478 e. The van der Waals surface area contributed by atoms with Gasteiger partial charge < -0.3 is 10.4 Å². The highest BCUT2D eigenvalue weighted by molar-refractivity contribution is 5.95. The average molecular weight is 278 g/mol. The molecule has 0 saturated heterocycles. The van der Waals surface area contributed by atoms with Crippen LogP contribution in [0.5, 0.6) is 0 Å². The first-order valence-corrected chi connectivity index (χ1v) is 6.91. The number of carboxylic acid groups (broad SMARTS) is 1. The fourth-order valence-electron chi connectivity index (χ4n) is 2.89. The maximum atomic E-state index is 11.4. The van der Waals surface area contributed by atoms with Gasteiger partial charge in [-0.25, -0.2) is 9.78 Å². The molecule has 0 aromatic carbocycles. The number of carbonyl (C=O) groups is 1. The number of hydrogen-bond acceptors (Lipinski definition) is 3. The quantitative estimate of drug-likeness (QED) is 0.873. The van der Waals surface area contributed by atoms with E-state index in [9.17, 15) is 9.90 Å². The van der Waals surface area contributed by atoms with Crippen molar-refractivity contribution >= 4 is 11.8 Å². The molecular formula is C16H26N2O2. The molecule has 0 fully saturated rings.